The maximum absolute atomic E-state index is 5.87. The van der Waals surface area contributed by atoms with Crippen molar-refractivity contribution in [3.05, 3.63) is 35.2 Å². The molecule has 3 rings (SSSR count). The van der Waals surface area contributed by atoms with Crippen LogP contribution in [0.4, 0.5) is 0 Å². The summed E-state index contributed by atoms with van der Waals surface area (Å²) < 4.78 is 1.37. The topological polar surface area (TPSA) is 38.0 Å². The summed E-state index contributed by atoms with van der Waals surface area (Å²) in [5.74, 6) is 6.49. The zero-order valence-corrected chi connectivity index (χ0v) is 13.6. The van der Waals surface area contributed by atoms with Crippen molar-refractivity contribution in [1.29, 1.82) is 0 Å². The van der Waals surface area contributed by atoms with Crippen LogP contribution in [-0.2, 0) is 6.42 Å². The van der Waals surface area contributed by atoms with Crippen LogP contribution in [0.1, 0.15) is 33.3 Å². The van der Waals surface area contributed by atoms with Crippen molar-refractivity contribution in [2.75, 3.05) is 0 Å². The molecule has 0 bridgehead atoms. The van der Waals surface area contributed by atoms with E-state index in [-0.39, 0.29) is 0 Å². The third kappa shape index (κ3) is 1.92. The van der Waals surface area contributed by atoms with Gasteiger partial charge in [-0.25, -0.2) is 0 Å². The van der Waals surface area contributed by atoms with Gasteiger partial charge in [0.2, 0.25) is 0 Å². The lowest BCUT2D eigenvalue weighted by Crippen LogP contribution is -2.40. The van der Waals surface area contributed by atoms with Crippen molar-refractivity contribution < 1.29 is 0 Å². The van der Waals surface area contributed by atoms with Gasteiger partial charge >= 0.3 is 0 Å². The monoisotopic (exact) mass is 288 g/mol. The van der Waals surface area contributed by atoms with E-state index in [1.54, 1.807) is 0 Å². The standard InChI is InChI=1S/C17H24N2S/c1-16(2)15(17(16,3)4)13(19-18)9-11-10-20-14-8-6-5-7-12(11)14/h5-8,10,13,15,19H,9,18H2,1-4H3. The molecule has 108 valence electrons. The van der Waals surface area contributed by atoms with Gasteiger partial charge in [0.1, 0.15) is 0 Å². The predicted octanol–water partition coefficient (Wildman–Crippen LogP) is 3.96. The fourth-order valence-corrected chi connectivity index (χ4v) is 4.93. The molecule has 0 aliphatic heterocycles. The highest BCUT2D eigenvalue weighted by molar-refractivity contribution is 7.17. The van der Waals surface area contributed by atoms with E-state index < -0.39 is 0 Å². The maximum Gasteiger partial charge on any atom is 0.0345 e. The van der Waals surface area contributed by atoms with Crippen LogP contribution in [0.3, 0.4) is 0 Å². The molecule has 1 aromatic carbocycles. The van der Waals surface area contributed by atoms with Crippen LogP contribution in [0.25, 0.3) is 10.1 Å². The van der Waals surface area contributed by atoms with E-state index in [1.807, 2.05) is 11.3 Å². The Morgan fingerprint density at radius 1 is 1.20 bits per heavy atom. The number of hydrazine groups is 1. The van der Waals surface area contributed by atoms with Crippen LogP contribution in [0.15, 0.2) is 29.6 Å². The van der Waals surface area contributed by atoms with Gasteiger partial charge < -0.3 is 0 Å². The van der Waals surface area contributed by atoms with Crippen molar-refractivity contribution in [2.24, 2.45) is 22.6 Å². The van der Waals surface area contributed by atoms with E-state index in [4.69, 9.17) is 5.84 Å². The van der Waals surface area contributed by atoms with Crippen LogP contribution in [0, 0.1) is 16.7 Å². The number of rotatable bonds is 4. The molecule has 1 aliphatic rings. The smallest absolute Gasteiger partial charge is 0.0345 e. The number of benzene rings is 1. The summed E-state index contributed by atoms with van der Waals surface area (Å²) >= 11 is 1.83. The minimum absolute atomic E-state index is 0.345. The molecule has 3 N–H and O–H groups in total. The summed E-state index contributed by atoms with van der Waals surface area (Å²) in [5.41, 5.74) is 5.22. The first-order valence-electron chi connectivity index (χ1n) is 7.31. The van der Waals surface area contributed by atoms with E-state index in [9.17, 15) is 0 Å². The molecule has 2 nitrogen and oxygen atoms in total. The van der Waals surface area contributed by atoms with Crippen molar-refractivity contribution in [1.82, 2.24) is 5.43 Å². The largest absolute Gasteiger partial charge is 0.271 e. The van der Waals surface area contributed by atoms with E-state index in [0.717, 1.165) is 6.42 Å². The lowest BCUT2D eigenvalue weighted by molar-refractivity contribution is 0.403. The Morgan fingerprint density at radius 2 is 1.85 bits per heavy atom. The molecule has 2 aromatic rings. The van der Waals surface area contributed by atoms with E-state index in [1.165, 1.54) is 15.6 Å². The summed E-state index contributed by atoms with van der Waals surface area (Å²) in [4.78, 5) is 0. The summed E-state index contributed by atoms with van der Waals surface area (Å²) in [5, 5.41) is 3.67. The number of fused-ring (bicyclic) bond motifs is 1. The van der Waals surface area contributed by atoms with Crippen LogP contribution in [-0.4, -0.2) is 6.04 Å². The minimum atomic E-state index is 0.345. The summed E-state index contributed by atoms with van der Waals surface area (Å²) in [6.07, 6.45) is 1.01. The van der Waals surface area contributed by atoms with E-state index >= 15 is 0 Å². The Morgan fingerprint density at radius 3 is 2.45 bits per heavy atom. The van der Waals surface area contributed by atoms with Crippen molar-refractivity contribution in [2.45, 2.75) is 40.2 Å². The first-order chi connectivity index (χ1) is 9.39. The fourth-order valence-electron chi connectivity index (χ4n) is 3.95. The summed E-state index contributed by atoms with van der Waals surface area (Å²) in [6.45, 7) is 9.42. The second-order valence-corrected chi connectivity index (χ2v) is 8.07. The third-order valence-electron chi connectivity index (χ3n) is 5.75. The predicted molar refractivity (Wildman–Crippen MR) is 87.7 cm³/mol. The van der Waals surface area contributed by atoms with Gasteiger partial charge in [0, 0.05) is 10.7 Å². The second kappa shape index (κ2) is 4.55. The average Bonchev–Trinajstić information content (AvgIpc) is 2.74. The number of hydrogen-bond donors (Lipinski definition) is 2. The Hall–Kier alpha value is -0.900. The molecule has 1 unspecified atom stereocenters. The first-order valence-corrected chi connectivity index (χ1v) is 8.19. The van der Waals surface area contributed by atoms with Gasteiger partial charge in [-0.1, -0.05) is 45.9 Å². The summed E-state index contributed by atoms with van der Waals surface area (Å²) in [6, 6.07) is 8.98. The van der Waals surface area contributed by atoms with E-state index in [0.29, 0.717) is 22.8 Å². The van der Waals surface area contributed by atoms with Crippen LogP contribution < -0.4 is 11.3 Å². The molecule has 1 fully saturated rings. The van der Waals surface area contributed by atoms with Crippen molar-refractivity contribution in [3.8, 4) is 0 Å². The molecule has 0 saturated heterocycles. The van der Waals surface area contributed by atoms with E-state index in [2.05, 4.69) is 62.8 Å². The van der Waals surface area contributed by atoms with Crippen LogP contribution in [0.2, 0.25) is 0 Å². The lowest BCUT2D eigenvalue weighted by atomic mass is 9.97. The highest BCUT2D eigenvalue weighted by Crippen LogP contribution is 2.69. The molecule has 0 spiro atoms. The quantitative estimate of drug-likeness (QED) is 0.660. The Bertz CT molecular complexity index is 613. The number of nitrogens with one attached hydrogen (secondary N) is 1. The zero-order chi connectivity index (χ0) is 14.5. The Kier molecular flexibility index (Phi) is 3.20. The number of thiophene rings is 1. The van der Waals surface area contributed by atoms with Gasteiger partial charge in [0.05, 0.1) is 0 Å². The molecule has 1 aromatic heterocycles. The Balaban J connectivity index is 1.86. The summed E-state index contributed by atoms with van der Waals surface area (Å²) in [7, 11) is 0. The lowest BCUT2D eigenvalue weighted by Gasteiger charge is -2.18. The molecular formula is C17H24N2S. The molecule has 1 heterocycles. The van der Waals surface area contributed by atoms with Gasteiger partial charge in [-0.15, -0.1) is 11.3 Å². The van der Waals surface area contributed by atoms with Gasteiger partial charge in [-0.2, -0.15) is 0 Å². The number of nitrogens with two attached hydrogens (primary N) is 1. The van der Waals surface area contributed by atoms with Crippen molar-refractivity contribution in [3.63, 3.8) is 0 Å². The highest BCUT2D eigenvalue weighted by Gasteiger charge is 2.66. The molecule has 1 atom stereocenters. The van der Waals surface area contributed by atoms with Crippen LogP contribution in [0.5, 0.6) is 0 Å². The highest BCUT2D eigenvalue weighted by atomic mass is 32.1. The Labute approximate surface area is 125 Å². The number of hydrogen-bond acceptors (Lipinski definition) is 3. The molecular weight excluding hydrogens is 264 g/mol. The normalized spacial score (nSPS) is 22.1. The molecule has 1 saturated carbocycles. The second-order valence-electron chi connectivity index (χ2n) is 7.16. The van der Waals surface area contributed by atoms with Crippen molar-refractivity contribution >= 4 is 21.4 Å². The van der Waals surface area contributed by atoms with Crippen LogP contribution >= 0.6 is 11.3 Å². The maximum atomic E-state index is 5.87. The molecule has 1 aliphatic carbocycles. The minimum Gasteiger partial charge on any atom is -0.271 e. The third-order valence-corrected chi connectivity index (χ3v) is 6.76. The SMILES string of the molecule is CC1(C)C(C(Cc2csc3ccccc23)NN)C1(C)C. The average molecular weight is 288 g/mol. The first kappa shape index (κ1) is 14.1. The molecule has 20 heavy (non-hydrogen) atoms. The van der Waals surface area contributed by atoms with Gasteiger partial charge in [0.25, 0.3) is 0 Å². The molecule has 0 amide bonds. The molecule has 0 radical (unpaired) electrons. The molecule has 3 heteroatoms. The van der Waals surface area contributed by atoms with Gasteiger partial charge in [0.15, 0.2) is 0 Å². The zero-order valence-electron chi connectivity index (χ0n) is 12.7. The van der Waals surface area contributed by atoms with Gasteiger partial charge in [-0.3, -0.25) is 11.3 Å². The fraction of sp³-hybridized carbons (Fsp3) is 0.529. The van der Waals surface area contributed by atoms with Gasteiger partial charge in [-0.05, 0) is 45.6 Å².